The summed E-state index contributed by atoms with van der Waals surface area (Å²) in [5, 5.41) is 8.28. The summed E-state index contributed by atoms with van der Waals surface area (Å²) in [4.78, 5) is 14.7. The summed E-state index contributed by atoms with van der Waals surface area (Å²) >= 11 is 0. The van der Waals surface area contributed by atoms with E-state index in [1.807, 2.05) is 43.0 Å². The fraction of sp³-hybridized carbons (Fsp3) is 0.208. The first-order valence-electron chi connectivity index (χ1n) is 9.66. The van der Waals surface area contributed by atoms with Crippen molar-refractivity contribution < 1.29 is 9.18 Å². The van der Waals surface area contributed by atoms with Crippen molar-refractivity contribution in [1.29, 1.82) is 0 Å². The van der Waals surface area contributed by atoms with Crippen LogP contribution in [0.2, 0.25) is 0 Å². The molecule has 0 unspecified atom stereocenters. The van der Waals surface area contributed by atoms with Crippen molar-refractivity contribution in [2.24, 2.45) is 0 Å². The van der Waals surface area contributed by atoms with Gasteiger partial charge in [0.1, 0.15) is 5.82 Å². The molecule has 1 amide bonds. The number of nitrogens with zero attached hydrogens (tertiary/aromatic N) is 3. The molecule has 146 valence electrons. The maximum Gasteiger partial charge on any atom is 0.254 e. The van der Waals surface area contributed by atoms with E-state index in [0.717, 1.165) is 39.9 Å². The van der Waals surface area contributed by atoms with Crippen LogP contribution in [-0.2, 0) is 0 Å². The van der Waals surface area contributed by atoms with Crippen LogP contribution in [0.15, 0.2) is 60.8 Å². The second-order valence-electron chi connectivity index (χ2n) is 7.32. The Kier molecular flexibility index (Phi) is 5.21. The number of aromatic nitrogens is 2. The van der Waals surface area contributed by atoms with Gasteiger partial charge in [0.05, 0.1) is 11.9 Å². The van der Waals surface area contributed by atoms with Gasteiger partial charge in [-0.25, -0.2) is 4.39 Å². The molecule has 2 heterocycles. The maximum atomic E-state index is 13.1. The molecule has 5 heteroatoms. The van der Waals surface area contributed by atoms with E-state index in [-0.39, 0.29) is 11.7 Å². The molecule has 3 aromatic rings. The number of hydrogen-bond acceptors (Lipinski definition) is 3. The van der Waals surface area contributed by atoms with Gasteiger partial charge in [-0.15, -0.1) is 0 Å². The number of carbonyl (C=O) groups is 1. The van der Waals surface area contributed by atoms with E-state index in [4.69, 9.17) is 0 Å². The monoisotopic (exact) mass is 387 g/mol. The highest BCUT2D eigenvalue weighted by Crippen LogP contribution is 2.25. The highest BCUT2D eigenvalue weighted by Gasteiger charge is 2.19. The van der Waals surface area contributed by atoms with Crippen LogP contribution < -0.4 is 0 Å². The molecule has 0 saturated heterocycles. The van der Waals surface area contributed by atoms with Crippen molar-refractivity contribution in [2.45, 2.75) is 20.3 Å². The molecule has 0 bridgehead atoms. The van der Waals surface area contributed by atoms with E-state index in [2.05, 4.69) is 16.3 Å². The first kappa shape index (κ1) is 19.0. The molecule has 0 aliphatic carbocycles. The summed E-state index contributed by atoms with van der Waals surface area (Å²) in [7, 11) is 0. The predicted molar refractivity (Wildman–Crippen MR) is 112 cm³/mol. The van der Waals surface area contributed by atoms with E-state index >= 15 is 0 Å². The minimum atomic E-state index is -0.239. The van der Waals surface area contributed by atoms with Crippen molar-refractivity contribution >= 4 is 11.5 Å². The zero-order valence-corrected chi connectivity index (χ0v) is 16.5. The number of halogens is 1. The van der Waals surface area contributed by atoms with Crippen LogP contribution in [0, 0.1) is 19.7 Å². The van der Waals surface area contributed by atoms with Crippen molar-refractivity contribution in [1.82, 2.24) is 15.1 Å². The van der Waals surface area contributed by atoms with Gasteiger partial charge in [0.2, 0.25) is 0 Å². The smallest absolute Gasteiger partial charge is 0.254 e. The van der Waals surface area contributed by atoms with E-state index < -0.39 is 0 Å². The molecule has 0 spiro atoms. The average molecular weight is 387 g/mol. The SMILES string of the molecule is Cc1cnnc(-c2ccc(C(=O)N3CC=C(c4ccc(F)cc4)CC3)cc2)c1C. The Bertz CT molecular complexity index is 1070. The Labute approximate surface area is 169 Å². The summed E-state index contributed by atoms with van der Waals surface area (Å²) in [5.74, 6) is -0.227. The summed E-state index contributed by atoms with van der Waals surface area (Å²) in [6.07, 6.45) is 4.56. The van der Waals surface area contributed by atoms with E-state index in [1.54, 1.807) is 18.3 Å². The van der Waals surface area contributed by atoms with Crippen LogP contribution in [0.25, 0.3) is 16.8 Å². The van der Waals surface area contributed by atoms with Crippen molar-refractivity contribution in [3.8, 4) is 11.3 Å². The molecule has 0 atom stereocenters. The predicted octanol–water partition coefficient (Wildman–Crippen LogP) is 4.83. The molecule has 2 aromatic carbocycles. The standard InChI is InChI=1S/C24H22FN3O/c1-16-15-26-27-23(17(16)2)20-3-5-21(6-4-20)24(29)28-13-11-19(12-14-28)18-7-9-22(25)10-8-18/h3-11,15H,12-14H2,1-2H3. The number of carbonyl (C=O) groups excluding carboxylic acids is 1. The average Bonchev–Trinajstić information content (AvgIpc) is 2.76. The summed E-state index contributed by atoms with van der Waals surface area (Å²) < 4.78 is 13.1. The van der Waals surface area contributed by atoms with Crippen molar-refractivity contribution in [2.75, 3.05) is 13.1 Å². The van der Waals surface area contributed by atoms with Gasteiger partial charge in [-0.2, -0.15) is 10.2 Å². The third kappa shape index (κ3) is 3.94. The van der Waals surface area contributed by atoms with E-state index in [9.17, 15) is 9.18 Å². The van der Waals surface area contributed by atoms with Gasteiger partial charge in [-0.3, -0.25) is 4.79 Å². The summed E-state index contributed by atoms with van der Waals surface area (Å²) in [5.41, 5.74) is 6.79. The molecule has 0 fully saturated rings. The Morgan fingerprint density at radius 2 is 1.69 bits per heavy atom. The lowest BCUT2D eigenvalue weighted by Gasteiger charge is -2.27. The van der Waals surface area contributed by atoms with Gasteiger partial charge >= 0.3 is 0 Å². The van der Waals surface area contributed by atoms with Gasteiger partial charge in [0, 0.05) is 24.2 Å². The van der Waals surface area contributed by atoms with Crippen LogP contribution in [0.5, 0.6) is 0 Å². The van der Waals surface area contributed by atoms with Crippen molar-refractivity contribution in [3.05, 3.63) is 88.9 Å². The molecule has 1 aliphatic heterocycles. The minimum Gasteiger partial charge on any atom is -0.335 e. The molecule has 0 saturated carbocycles. The third-order valence-corrected chi connectivity index (χ3v) is 5.47. The number of amides is 1. The summed E-state index contributed by atoms with van der Waals surface area (Å²) in [6, 6.07) is 14.0. The molecule has 4 nitrogen and oxygen atoms in total. The van der Waals surface area contributed by atoms with Crippen LogP contribution in [0.3, 0.4) is 0 Å². The lowest BCUT2D eigenvalue weighted by atomic mass is 9.98. The van der Waals surface area contributed by atoms with E-state index in [0.29, 0.717) is 18.7 Å². The van der Waals surface area contributed by atoms with Crippen LogP contribution in [0.4, 0.5) is 4.39 Å². The van der Waals surface area contributed by atoms with Crippen molar-refractivity contribution in [3.63, 3.8) is 0 Å². The first-order valence-corrected chi connectivity index (χ1v) is 9.66. The van der Waals surface area contributed by atoms with Crippen LogP contribution in [-0.4, -0.2) is 34.1 Å². The zero-order chi connectivity index (χ0) is 20.4. The molecule has 1 aliphatic rings. The van der Waals surface area contributed by atoms with Crippen LogP contribution in [0.1, 0.15) is 33.5 Å². The lowest BCUT2D eigenvalue weighted by Crippen LogP contribution is -2.34. The number of aryl methyl sites for hydroxylation is 1. The fourth-order valence-electron chi connectivity index (χ4n) is 3.54. The Morgan fingerprint density at radius 3 is 2.34 bits per heavy atom. The Hall–Kier alpha value is -3.34. The molecule has 4 rings (SSSR count). The normalized spacial score (nSPS) is 13.9. The topological polar surface area (TPSA) is 46.1 Å². The van der Waals surface area contributed by atoms with Gasteiger partial charge in [0.25, 0.3) is 5.91 Å². The molecule has 0 radical (unpaired) electrons. The second kappa shape index (κ2) is 7.95. The zero-order valence-electron chi connectivity index (χ0n) is 16.5. The fourth-order valence-corrected chi connectivity index (χ4v) is 3.54. The second-order valence-corrected chi connectivity index (χ2v) is 7.32. The Balaban J connectivity index is 1.48. The third-order valence-electron chi connectivity index (χ3n) is 5.47. The lowest BCUT2D eigenvalue weighted by molar-refractivity contribution is 0.0773. The molecular formula is C24H22FN3O. The maximum absolute atomic E-state index is 13.1. The van der Waals surface area contributed by atoms with Gasteiger partial charge in [-0.1, -0.05) is 30.3 Å². The quantitative estimate of drug-likeness (QED) is 0.647. The van der Waals surface area contributed by atoms with E-state index in [1.165, 1.54) is 12.1 Å². The minimum absolute atomic E-state index is 0.0120. The number of benzene rings is 2. The van der Waals surface area contributed by atoms with Gasteiger partial charge in [0.15, 0.2) is 0 Å². The number of hydrogen-bond donors (Lipinski definition) is 0. The molecular weight excluding hydrogens is 365 g/mol. The highest BCUT2D eigenvalue weighted by molar-refractivity contribution is 5.95. The Morgan fingerprint density at radius 1 is 1.00 bits per heavy atom. The van der Waals surface area contributed by atoms with Gasteiger partial charge in [-0.05, 0) is 66.8 Å². The molecule has 0 N–H and O–H groups in total. The van der Waals surface area contributed by atoms with Gasteiger partial charge < -0.3 is 4.90 Å². The number of rotatable bonds is 3. The largest absolute Gasteiger partial charge is 0.335 e. The molecule has 29 heavy (non-hydrogen) atoms. The van der Waals surface area contributed by atoms with Crippen LogP contribution >= 0.6 is 0 Å². The molecule has 1 aromatic heterocycles. The highest BCUT2D eigenvalue weighted by atomic mass is 19.1. The first-order chi connectivity index (χ1) is 14.0. The summed E-state index contributed by atoms with van der Waals surface area (Å²) in [6.45, 7) is 5.23.